The first-order chi connectivity index (χ1) is 17.1. The predicted molar refractivity (Wildman–Crippen MR) is 135 cm³/mol. The number of nitrogens with one attached hydrogen (secondary N) is 1. The van der Waals surface area contributed by atoms with Crippen LogP contribution in [0.15, 0.2) is 83.8 Å². The number of alkyl halides is 3. The normalized spacial score (nSPS) is 12.2. The minimum atomic E-state index is -4.47. The average Bonchev–Trinajstić information content (AvgIpc) is 3.30. The van der Waals surface area contributed by atoms with E-state index in [0.717, 1.165) is 28.2 Å². The van der Waals surface area contributed by atoms with Crippen molar-refractivity contribution >= 4 is 40.7 Å². The van der Waals surface area contributed by atoms with Crippen LogP contribution in [0.25, 0.3) is 21.0 Å². The Morgan fingerprint density at radius 3 is 2.17 bits per heavy atom. The zero-order valence-electron chi connectivity index (χ0n) is 18.7. The summed E-state index contributed by atoms with van der Waals surface area (Å²) < 4.78 is 38.6. The smallest absolute Gasteiger partial charge is 0.416 e. The number of nitrogens with zero attached hydrogens (tertiary/aromatic N) is 1. The van der Waals surface area contributed by atoms with Crippen LogP contribution in [-0.2, 0) is 11.0 Å². The van der Waals surface area contributed by atoms with Gasteiger partial charge in [0.05, 0.1) is 10.4 Å². The second kappa shape index (κ2) is 10.5. The number of carboxylic acid groups (broad SMARTS) is 1. The van der Waals surface area contributed by atoms with Gasteiger partial charge in [0.25, 0.3) is 5.91 Å². The van der Waals surface area contributed by atoms with Crippen LogP contribution in [-0.4, -0.2) is 27.2 Å². The van der Waals surface area contributed by atoms with Crippen LogP contribution in [0.5, 0.6) is 0 Å². The molecule has 1 amide bonds. The summed E-state index contributed by atoms with van der Waals surface area (Å²) in [5.41, 5.74) is 1.09. The van der Waals surface area contributed by atoms with Gasteiger partial charge in [-0.15, -0.1) is 23.1 Å². The molecular weight excluding hydrogens is 509 g/mol. The molecule has 4 aromatic rings. The Labute approximate surface area is 213 Å². The van der Waals surface area contributed by atoms with E-state index in [1.807, 2.05) is 42.5 Å². The highest BCUT2D eigenvalue weighted by Gasteiger charge is 2.30. The van der Waals surface area contributed by atoms with Crippen LogP contribution in [0, 0.1) is 0 Å². The first kappa shape index (κ1) is 25.5. The number of anilines is 1. The Balaban J connectivity index is 1.63. The number of aromatic nitrogens is 1. The first-order valence-electron chi connectivity index (χ1n) is 10.7. The summed E-state index contributed by atoms with van der Waals surface area (Å²) in [4.78, 5) is 30.2. The van der Waals surface area contributed by atoms with E-state index < -0.39 is 28.9 Å². The summed E-state index contributed by atoms with van der Waals surface area (Å²) in [6.45, 7) is 1.61. The van der Waals surface area contributed by atoms with Crippen molar-refractivity contribution in [1.82, 2.24) is 4.98 Å². The Morgan fingerprint density at radius 1 is 0.944 bits per heavy atom. The molecule has 1 heterocycles. The highest BCUT2D eigenvalue weighted by Crippen LogP contribution is 2.37. The number of carbonyl (C=O) groups excluding carboxylic acids is 1. The number of carbonyl (C=O) groups is 2. The van der Waals surface area contributed by atoms with Gasteiger partial charge in [-0.05, 0) is 48.9 Å². The van der Waals surface area contributed by atoms with Crippen molar-refractivity contribution in [1.29, 1.82) is 0 Å². The van der Waals surface area contributed by atoms with Crippen LogP contribution in [0.4, 0.5) is 18.9 Å². The number of thioether (sulfide) groups is 1. The zero-order valence-corrected chi connectivity index (χ0v) is 20.4. The maximum Gasteiger partial charge on any atom is 0.416 e. The molecule has 4 rings (SSSR count). The second-order valence-electron chi connectivity index (χ2n) is 7.71. The molecule has 1 atom stereocenters. The molecule has 0 spiro atoms. The van der Waals surface area contributed by atoms with E-state index in [0.29, 0.717) is 9.88 Å². The molecule has 0 saturated carbocycles. The molecule has 3 aromatic carbocycles. The molecule has 10 heteroatoms. The van der Waals surface area contributed by atoms with Crippen LogP contribution in [0.2, 0.25) is 0 Å². The van der Waals surface area contributed by atoms with Crippen molar-refractivity contribution in [2.75, 3.05) is 5.32 Å². The number of amides is 1. The Hall–Kier alpha value is -3.63. The van der Waals surface area contributed by atoms with Gasteiger partial charge in [-0.2, -0.15) is 13.2 Å². The van der Waals surface area contributed by atoms with Crippen molar-refractivity contribution in [3.05, 3.63) is 90.1 Å². The van der Waals surface area contributed by atoms with Gasteiger partial charge in [0.2, 0.25) is 0 Å². The van der Waals surface area contributed by atoms with E-state index in [1.54, 1.807) is 19.1 Å². The largest absolute Gasteiger partial charge is 0.480 e. The third-order valence-corrected chi connectivity index (χ3v) is 7.36. The number of hydrogen-bond acceptors (Lipinski definition) is 5. The molecule has 0 saturated heterocycles. The minimum absolute atomic E-state index is 0.152. The maximum atomic E-state index is 13.1. The molecule has 5 nitrogen and oxygen atoms in total. The van der Waals surface area contributed by atoms with Gasteiger partial charge >= 0.3 is 12.1 Å². The van der Waals surface area contributed by atoms with Gasteiger partial charge in [0.1, 0.15) is 16.0 Å². The lowest BCUT2D eigenvalue weighted by Gasteiger charge is -2.09. The third-order valence-electron chi connectivity index (χ3n) is 5.11. The fourth-order valence-electron chi connectivity index (χ4n) is 3.25. The van der Waals surface area contributed by atoms with Crippen molar-refractivity contribution in [2.45, 2.75) is 23.2 Å². The quantitative estimate of drug-likeness (QED) is 0.246. The van der Waals surface area contributed by atoms with Gasteiger partial charge in [-0.25, -0.2) is 4.98 Å². The minimum Gasteiger partial charge on any atom is -0.480 e. The lowest BCUT2D eigenvalue weighted by atomic mass is 10.1. The van der Waals surface area contributed by atoms with Gasteiger partial charge in [0.15, 0.2) is 0 Å². The molecule has 1 aromatic heterocycles. The van der Waals surface area contributed by atoms with Crippen molar-refractivity contribution in [3.63, 3.8) is 0 Å². The van der Waals surface area contributed by atoms with Crippen LogP contribution in [0.3, 0.4) is 0 Å². The molecule has 184 valence electrons. The Bertz CT molecular complexity index is 1370. The highest BCUT2D eigenvalue weighted by molar-refractivity contribution is 8.00. The van der Waals surface area contributed by atoms with Gasteiger partial charge in [-0.3, -0.25) is 9.59 Å². The molecule has 2 N–H and O–H groups in total. The molecule has 1 unspecified atom stereocenters. The predicted octanol–water partition coefficient (Wildman–Crippen LogP) is 7.31. The van der Waals surface area contributed by atoms with Crippen molar-refractivity contribution < 1.29 is 27.9 Å². The number of halogens is 3. The molecule has 36 heavy (non-hydrogen) atoms. The summed E-state index contributed by atoms with van der Waals surface area (Å²) in [6.07, 6.45) is -4.47. The number of rotatable bonds is 7. The van der Waals surface area contributed by atoms with E-state index in [-0.39, 0.29) is 11.4 Å². The third kappa shape index (κ3) is 5.95. The molecular formula is C26H19F3N2O3S2. The summed E-state index contributed by atoms with van der Waals surface area (Å²) in [7, 11) is 0. The van der Waals surface area contributed by atoms with E-state index >= 15 is 0 Å². The van der Waals surface area contributed by atoms with Gasteiger partial charge in [-0.1, -0.05) is 42.5 Å². The van der Waals surface area contributed by atoms with Crippen LogP contribution >= 0.6 is 23.1 Å². The Kier molecular flexibility index (Phi) is 7.46. The van der Waals surface area contributed by atoms with E-state index in [9.17, 15) is 22.8 Å². The van der Waals surface area contributed by atoms with Crippen molar-refractivity contribution in [3.8, 4) is 21.0 Å². The Morgan fingerprint density at radius 2 is 1.58 bits per heavy atom. The number of thiazole rings is 1. The SMILES string of the molecule is CC(Sc1ccc(-c2nc(C(=O)Nc3ccc(C(F)(F)F)cc3)c(-c3ccccc3)s2)cc1)C(=O)O. The first-order valence-corrected chi connectivity index (χ1v) is 12.4. The second-order valence-corrected chi connectivity index (χ2v) is 10.1. The zero-order chi connectivity index (χ0) is 25.9. The summed E-state index contributed by atoms with van der Waals surface area (Å²) in [5, 5.41) is 11.7. The van der Waals surface area contributed by atoms with Crippen molar-refractivity contribution in [2.24, 2.45) is 0 Å². The van der Waals surface area contributed by atoms with Crippen LogP contribution < -0.4 is 5.32 Å². The lowest BCUT2D eigenvalue weighted by molar-refractivity contribution is -0.138. The van der Waals surface area contributed by atoms with Gasteiger partial charge < -0.3 is 10.4 Å². The highest BCUT2D eigenvalue weighted by atomic mass is 32.2. The van der Waals surface area contributed by atoms with Crippen LogP contribution in [0.1, 0.15) is 23.0 Å². The maximum absolute atomic E-state index is 13.1. The van der Waals surface area contributed by atoms with Gasteiger partial charge in [0, 0.05) is 16.1 Å². The molecule has 0 aliphatic rings. The monoisotopic (exact) mass is 528 g/mol. The number of benzene rings is 3. The number of aliphatic carboxylic acids is 1. The fraction of sp³-hybridized carbons (Fsp3) is 0.115. The molecule has 0 radical (unpaired) electrons. The van der Waals surface area contributed by atoms with E-state index in [1.165, 1.54) is 35.2 Å². The standard InChI is InChI=1S/C26H19F3N2O3S2/c1-15(25(33)34)35-20-13-7-17(8-14-20)24-31-21(22(36-24)16-5-3-2-4-6-16)23(32)30-19-11-9-18(10-12-19)26(27,28)29/h2-15H,1H3,(H,30,32)(H,33,34). The average molecular weight is 529 g/mol. The molecule has 0 aliphatic carbocycles. The number of carboxylic acids is 1. The molecule has 0 fully saturated rings. The summed E-state index contributed by atoms with van der Waals surface area (Å²) in [6, 6.07) is 20.6. The lowest BCUT2D eigenvalue weighted by Crippen LogP contribution is -2.14. The molecule has 0 aliphatic heterocycles. The summed E-state index contributed by atoms with van der Waals surface area (Å²) >= 11 is 2.53. The van der Waals surface area contributed by atoms with E-state index in [4.69, 9.17) is 5.11 Å². The fourth-order valence-corrected chi connectivity index (χ4v) is 5.12. The molecule has 0 bridgehead atoms. The number of hydrogen-bond donors (Lipinski definition) is 2. The topological polar surface area (TPSA) is 79.3 Å². The van der Waals surface area contributed by atoms with E-state index in [2.05, 4.69) is 10.3 Å². The summed E-state index contributed by atoms with van der Waals surface area (Å²) in [5.74, 6) is -1.45.